The van der Waals surface area contributed by atoms with Gasteiger partial charge >= 0.3 is 0 Å². The van der Waals surface area contributed by atoms with E-state index < -0.39 is 0 Å². The summed E-state index contributed by atoms with van der Waals surface area (Å²) in [6.45, 7) is 6.59. The lowest BCUT2D eigenvalue weighted by atomic mass is 10.1. The van der Waals surface area contributed by atoms with E-state index in [0.29, 0.717) is 51.2 Å². The third-order valence-corrected chi connectivity index (χ3v) is 6.54. The number of benzene rings is 2. The number of nitrogens with one attached hydrogen (secondary N) is 1. The number of hydrogen-bond acceptors (Lipinski definition) is 6. The van der Waals surface area contributed by atoms with Crippen molar-refractivity contribution in [1.29, 1.82) is 0 Å². The summed E-state index contributed by atoms with van der Waals surface area (Å²) < 4.78 is 7.78. The molecule has 0 saturated carbocycles. The van der Waals surface area contributed by atoms with Crippen molar-refractivity contribution in [3.05, 3.63) is 69.6 Å². The smallest absolute Gasteiger partial charge is 0.273 e. The summed E-state index contributed by atoms with van der Waals surface area (Å²) in [6.07, 6.45) is 2.65. The van der Waals surface area contributed by atoms with Crippen LogP contribution in [0.4, 0.5) is 0 Å². The third kappa shape index (κ3) is 6.21. The molecule has 2 aromatic heterocycles. The zero-order chi connectivity index (χ0) is 26.5. The lowest BCUT2D eigenvalue weighted by Crippen LogP contribution is -2.27. The van der Waals surface area contributed by atoms with E-state index in [4.69, 9.17) is 37.9 Å². The molecule has 0 spiro atoms. The summed E-state index contributed by atoms with van der Waals surface area (Å²) >= 11 is 12.7. The predicted octanol–water partition coefficient (Wildman–Crippen LogP) is 5.39. The number of rotatable bonds is 10. The van der Waals surface area contributed by atoms with Gasteiger partial charge in [-0.25, -0.2) is 9.97 Å². The Morgan fingerprint density at radius 1 is 1.14 bits per heavy atom. The molecule has 0 aliphatic heterocycles. The number of fused-ring (bicyclic) bond motifs is 1. The van der Waals surface area contributed by atoms with Crippen LogP contribution in [-0.4, -0.2) is 57.8 Å². The van der Waals surface area contributed by atoms with Gasteiger partial charge in [-0.15, -0.1) is 0 Å². The molecule has 0 aliphatic rings. The van der Waals surface area contributed by atoms with Crippen molar-refractivity contribution in [2.75, 3.05) is 27.2 Å². The highest BCUT2D eigenvalue weighted by Gasteiger charge is 2.21. The number of nitrogens with zero attached hydrogens (tertiary/aromatic N) is 5. The predicted molar refractivity (Wildman–Crippen MR) is 147 cm³/mol. The molecule has 8 nitrogen and oxygen atoms in total. The minimum atomic E-state index is -0.245. The van der Waals surface area contributed by atoms with Crippen molar-refractivity contribution < 1.29 is 9.53 Å². The van der Waals surface area contributed by atoms with Gasteiger partial charge in [-0.1, -0.05) is 23.2 Å². The number of aromatic nitrogens is 4. The number of aryl methyl sites for hydroxylation is 1. The zero-order valence-corrected chi connectivity index (χ0v) is 22.9. The van der Waals surface area contributed by atoms with E-state index in [-0.39, 0.29) is 11.6 Å². The van der Waals surface area contributed by atoms with Crippen LogP contribution in [-0.2, 0) is 13.1 Å². The first kappa shape index (κ1) is 26.9. The van der Waals surface area contributed by atoms with Crippen LogP contribution in [0, 0.1) is 6.92 Å². The quantitative estimate of drug-likeness (QED) is 0.271. The topological polar surface area (TPSA) is 85.2 Å². The van der Waals surface area contributed by atoms with E-state index in [1.54, 1.807) is 48.5 Å². The summed E-state index contributed by atoms with van der Waals surface area (Å²) in [4.78, 5) is 24.7. The van der Waals surface area contributed by atoms with Crippen LogP contribution in [0.15, 0.2) is 42.6 Å². The zero-order valence-electron chi connectivity index (χ0n) is 21.4. The summed E-state index contributed by atoms with van der Waals surface area (Å²) in [5, 5.41) is 9.06. The monoisotopic (exact) mass is 540 g/mol. The summed E-state index contributed by atoms with van der Waals surface area (Å²) in [6, 6.07) is 10.6. The second-order valence-corrected chi connectivity index (χ2v) is 9.64. The van der Waals surface area contributed by atoms with Gasteiger partial charge in [0.2, 0.25) is 0 Å². The minimum absolute atomic E-state index is 0.245. The lowest BCUT2D eigenvalue weighted by molar-refractivity contribution is 0.0781. The Labute approximate surface area is 226 Å². The number of carbonyl (C=O) groups is 1. The normalized spacial score (nSPS) is 11.2. The number of amides is 1. The Bertz CT molecular complexity index is 1420. The molecule has 0 fully saturated rings. The average molecular weight is 541 g/mol. The summed E-state index contributed by atoms with van der Waals surface area (Å²) in [7, 11) is 3.65. The van der Waals surface area contributed by atoms with Crippen molar-refractivity contribution in [3.63, 3.8) is 0 Å². The molecule has 4 rings (SSSR count). The molecule has 1 N–H and O–H groups in total. The standard InChI is InChI=1S/C27H30Cl2N6O2/c1-5-35-17(2)19(15-31-35)16-34(4)27(36)25-23-14-20(28)7-8-24(23)32-26(33-25)18-11-21(29)13-22(12-18)37-10-6-9-30-3/h7-8,11-15,30H,5-6,9-10,16H2,1-4H3. The number of carbonyl (C=O) groups excluding carboxylic acids is 1. The maximum absolute atomic E-state index is 13.7. The Hall–Kier alpha value is -3.20. The van der Waals surface area contributed by atoms with Crippen LogP contribution in [0.5, 0.6) is 5.75 Å². The second-order valence-electron chi connectivity index (χ2n) is 8.77. The molecular formula is C27H30Cl2N6O2. The van der Waals surface area contributed by atoms with Crippen molar-refractivity contribution in [1.82, 2.24) is 30.0 Å². The Morgan fingerprint density at radius 2 is 1.95 bits per heavy atom. The van der Waals surface area contributed by atoms with Gasteiger partial charge in [0.25, 0.3) is 5.91 Å². The molecule has 0 radical (unpaired) electrons. The molecule has 194 valence electrons. The fraction of sp³-hybridized carbons (Fsp3) is 0.333. The van der Waals surface area contributed by atoms with E-state index in [1.165, 1.54) is 0 Å². The van der Waals surface area contributed by atoms with Crippen LogP contribution >= 0.6 is 23.2 Å². The maximum Gasteiger partial charge on any atom is 0.273 e. The van der Waals surface area contributed by atoms with Gasteiger partial charge in [-0.2, -0.15) is 5.10 Å². The van der Waals surface area contributed by atoms with E-state index in [0.717, 1.165) is 30.8 Å². The van der Waals surface area contributed by atoms with Crippen molar-refractivity contribution >= 4 is 40.0 Å². The summed E-state index contributed by atoms with van der Waals surface area (Å²) in [5.74, 6) is 0.751. The molecule has 0 saturated heterocycles. The van der Waals surface area contributed by atoms with Crippen molar-refractivity contribution in [2.24, 2.45) is 0 Å². The van der Waals surface area contributed by atoms with Crippen LogP contribution in [0.2, 0.25) is 10.0 Å². The van der Waals surface area contributed by atoms with Gasteiger partial charge in [0.05, 0.1) is 18.3 Å². The van der Waals surface area contributed by atoms with E-state index in [1.807, 2.05) is 31.6 Å². The van der Waals surface area contributed by atoms with Gasteiger partial charge < -0.3 is 15.0 Å². The molecule has 0 bridgehead atoms. The van der Waals surface area contributed by atoms with Crippen LogP contribution in [0.1, 0.15) is 35.1 Å². The average Bonchev–Trinajstić information content (AvgIpc) is 3.24. The molecule has 2 aromatic carbocycles. The molecule has 0 unspecified atom stereocenters. The van der Waals surface area contributed by atoms with Crippen molar-refractivity contribution in [2.45, 2.75) is 33.4 Å². The van der Waals surface area contributed by atoms with E-state index >= 15 is 0 Å². The first-order chi connectivity index (χ1) is 17.8. The highest BCUT2D eigenvalue weighted by molar-refractivity contribution is 6.31. The van der Waals surface area contributed by atoms with Gasteiger partial charge in [0.1, 0.15) is 11.4 Å². The van der Waals surface area contributed by atoms with Crippen LogP contribution < -0.4 is 10.1 Å². The van der Waals surface area contributed by atoms with Crippen LogP contribution in [0.3, 0.4) is 0 Å². The Morgan fingerprint density at radius 3 is 2.68 bits per heavy atom. The molecule has 2 heterocycles. The molecule has 0 aliphatic carbocycles. The van der Waals surface area contributed by atoms with E-state index in [2.05, 4.69) is 10.4 Å². The van der Waals surface area contributed by atoms with Gasteiger partial charge in [0.15, 0.2) is 5.82 Å². The van der Waals surface area contributed by atoms with Gasteiger partial charge in [-0.05, 0) is 70.3 Å². The molecule has 0 atom stereocenters. The second kappa shape index (κ2) is 11.9. The molecule has 4 aromatic rings. The first-order valence-electron chi connectivity index (χ1n) is 12.1. The lowest BCUT2D eigenvalue weighted by Gasteiger charge is -2.18. The Kier molecular flexibility index (Phi) is 8.63. The highest BCUT2D eigenvalue weighted by atomic mass is 35.5. The fourth-order valence-electron chi connectivity index (χ4n) is 4.07. The van der Waals surface area contributed by atoms with E-state index in [9.17, 15) is 4.79 Å². The maximum atomic E-state index is 13.7. The minimum Gasteiger partial charge on any atom is -0.493 e. The Balaban J connectivity index is 1.71. The van der Waals surface area contributed by atoms with Gasteiger partial charge in [-0.3, -0.25) is 9.48 Å². The highest BCUT2D eigenvalue weighted by Crippen LogP contribution is 2.30. The largest absolute Gasteiger partial charge is 0.493 e. The molecule has 10 heteroatoms. The summed E-state index contributed by atoms with van der Waals surface area (Å²) in [5.41, 5.74) is 3.54. The fourth-order valence-corrected chi connectivity index (χ4v) is 4.47. The number of hydrogen-bond donors (Lipinski definition) is 1. The first-order valence-corrected chi connectivity index (χ1v) is 12.9. The number of halogens is 2. The van der Waals surface area contributed by atoms with Crippen molar-refractivity contribution in [3.8, 4) is 17.1 Å². The van der Waals surface area contributed by atoms with Crippen LogP contribution in [0.25, 0.3) is 22.3 Å². The molecule has 37 heavy (non-hydrogen) atoms. The van der Waals surface area contributed by atoms with Gasteiger partial charge in [0, 0.05) is 52.4 Å². The molecule has 1 amide bonds. The number of ether oxygens (including phenoxy) is 1. The molecular weight excluding hydrogens is 511 g/mol. The SMILES string of the molecule is CCn1ncc(CN(C)C(=O)c2nc(-c3cc(Cl)cc(OCCCNC)c3)nc3ccc(Cl)cc23)c1C. The third-order valence-electron chi connectivity index (χ3n) is 6.09.